The predicted molar refractivity (Wildman–Crippen MR) is 233 cm³/mol. The third-order valence-corrected chi connectivity index (χ3v) is 11.0. The molecule has 0 aromatic carbocycles. The van der Waals surface area contributed by atoms with Gasteiger partial charge in [0.15, 0.2) is 6.10 Å². The van der Waals surface area contributed by atoms with E-state index in [1.807, 2.05) is 0 Å². The van der Waals surface area contributed by atoms with Crippen LogP contribution >= 0.6 is 0 Å². The zero-order chi connectivity index (χ0) is 40.3. The number of hydrogen-bond donors (Lipinski definition) is 0. The average molecular weight is 779 g/mol. The molecule has 0 spiro atoms. The third kappa shape index (κ3) is 43.4. The lowest BCUT2D eigenvalue weighted by Gasteiger charge is -2.18. The van der Waals surface area contributed by atoms with Crippen LogP contribution in [-0.2, 0) is 28.6 Å². The van der Waals surface area contributed by atoms with Gasteiger partial charge in [-0.2, -0.15) is 0 Å². The summed E-state index contributed by atoms with van der Waals surface area (Å²) in [7, 11) is 0. The van der Waals surface area contributed by atoms with Crippen LogP contribution in [0.25, 0.3) is 0 Å². The molecule has 0 saturated carbocycles. The van der Waals surface area contributed by atoms with Crippen molar-refractivity contribution < 1.29 is 28.6 Å². The lowest BCUT2D eigenvalue weighted by atomic mass is 10.0. The predicted octanol–water partition coefficient (Wildman–Crippen LogP) is 15.5. The third-order valence-electron chi connectivity index (χ3n) is 11.0. The van der Waals surface area contributed by atoms with Gasteiger partial charge in [-0.05, 0) is 25.2 Å². The van der Waals surface area contributed by atoms with Crippen LogP contribution in [0.15, 0.2) is 0 Å². The fourth-order valence-electron chi connectivity index (χ4n) is 7.33. The lowest BCUT2D eigenvalue weighted by molar-refractivity contribution is -0.167. The van der Waals surface area contributed by atoms with Crippen molar-refractivity contribution in [3.63, 3.8) is 0 Å². The minimum atomic E-state index is -0.760. The fraction of sp³-hybridized carbons (Fsp3) is 0.939. The molecule has 0 aliphatic heterocycles. The number of carbonyl (C=O) groups excluding carboxylic acids is 3. The van der Waals surface area contributed by atoms with E-state index in [9.17, 15) is 14.4 Å². The van der Waals surface area contributed by atoms with Gasteiger partial charge in [0.2, 0.25) is 0 Å². The van der Waals surface area contributed by atoms with Gasteiger partial charge in [0.05, 0.1) is 0 Å². The number of rotatable bonds is 44. The van der Waals surface area contributed by atoms with Crippen LogP contribution in [-0.4, -0.2) is 37.2 Å². The summed E-state index contributed by atoms with van der Waals surface area (Å²) in [6.07, 6.45) is 43.9. The molecule has 6 heteroatoms. The van der Waals surface area contributed by atoms with Gasteiger partial charge in [-0.15, -0.1) is 0 Å². The molecule has 0 aromatic heterocycles. The topological polar surface area (TPSA) is 78.9 Å². The van der Waals surface area contributed by atoms with Crippen molar-refractivity contribution in [2.75, 3.05) is 13.2 Å². The van der Waals surface area contributed by atoms with E-state index >= 15 is 0 Å². The zero-order valence-corrected chi connectivity index (χ0v) is 37.4. The van der Waals surface area contributed by atoms with Crippen molar-refractivity contribution in [2.24, 2.45) is 5.92 Å². The summed E-state index contributed by atoms with van der Waals surface area (Å²) in [5.41, 5.74) is 0. The Morgan fingerprint density at radius 1 is 0.345 bits per heavy atom. The normalized spacial score (nSPS) is 11.9. The summed E-state index contributed by atoms with van der Waals surface area (Å²) >= 11 is 0. The molecule has 0 rings (SSSR count). The molecular formula is C49H94O6. The van der Waals surface area contributed by atoms with Crippen LogP contribution in [0.4, 0.5) is 0 Å². The Morgan fingerprint density at radius 3 is 0.891 bits per heavy atom. The Hall–Kier alpha value is -1.59. The van der Waals surface area contributed by atoms with Gasteiger partial charge in [-0.25, -0.2) is 0 Å². The molecule has 0 bridgehead atoms. The first-order valence-electron chi connectivity index (χ1n) is 24.4. The summed E-state index contributed by atoms with van der Waals surface area (Å²) in [6.45, 7) is 8.94. The van der Waals surface area contributed by atoms with Crippen LogP contribution in [0.2, 0.25) is 0 Å². The molecule has 0 saturated heterocycles. The van der Waals surface area contributed by atoms with E-state index < -0.39 is 6.10 Å². The van der Waals surface area contributed by atoms with Gasteiger partial charge in [-0.1, -0.05) is 233 Å². The molecule has 326 valence electrons. The van der Waals surface area contributed by atoms with E-state index in [2.05, 4.69) is 27.7 Å². The summed E-state index contributed by atoms with van der Waals surface area (Å²) < 4.78 is 16.7. The number of ether oxygens (including phenoxy) is 3. The van der Waals surface area contributed by atoms with Gasteiger partial charge in [0.25, 0.3) is 0 Å². The van der Waals surface area contributed by atoms with Crippen molar-refractivity contribution in [3.05, 3.63) is 0 Å². The van der Waals surface area contributed by atoms with Gasteiger partial charge in [-0.3, -0.25) is 14.4 Å². The molecule has 0 N–H and O–H groups in total. The Kier molecular flexibility index (Phi) is 42.3. The zero-order valence-electron chi connectivity index (χ0n) is 37.4. The second-order valence-electron chi connectivity index (χ2n) is 17.2. The largest absolute Gasteiger partial charge is 0.462 e. The van der Waals surface area contributed by atoms with E-state index in [-0.39, 0.29) is 31.1 Å². The van der Waals surface area contributed by atoms with Gasteiger partial charge in [0.1, 0.15) is 13.2 Å². The molecule has 0 aliphatic carbocycles. The highest BCUT2D eigenvalue weighted by Crippen LogP contribution is 2.16. The Labute approximate surface area is 342 Å². The molecule has 0 aromatic rings. The molecule has 0 unspecified atom stereocenters. The van der Waals surface area contributed by atoms with E-state index in [0.717, 1.165) is 63.7 Å². The van der Waals surface area contributed by atoms with Crippen LogP contribution in [0.5, 0.6) is 0 Å². The number of hydrogen-bond acceptors (Lipinski definition) is 6. The van der Waals surface area contributed by atoms with Crippen LogP contribution < -0.4 is 0 Å². The molecule has 0 radical (unpaired) electrons. The number of carbonyl (C=O) groups is 3. The lowest BCUT2D eigenvalue weighted by Crippen LogP contribution is -2.30. The van der Waals surface area contributed by atoms with Crippen LogP contribution in [0, 0.1) is 5.92 Å². The molecule has 0 amide bonds. The molecule has 0 aliphatic rings. The molecule has 0 fully saturated rings. The Balaban J connectivity index is 4.24. The maximum absolute atomic E-state index is 12.7. The molecule has 6 nitrogen and oxygen atoms in total. The standard InChI is InChI=1S/C49H94O6/c1-5-7-9-11-13-15-17-18-19-20-21-22-24-25-27-32-36-40-47(50)53-43-46(44-54-48(51)41-37-33-30-29-31-35-39-45(3)4)55-49(52)42-38-34-28-26-23-16-14-12-10-8-6-2/h45-46H,5-44H2,1-4H3/t46-/m1/s1. The van der Waals surface area contributed by atoms with Crippen molar-refractivity contribution in [1.82, 2.24) is 0 Å². The maximum Gasteiger partial charge on any atom is 0.306 e. The molecular weight excluding hydrogens is 685 g/mol. The summed E-state index contributed by atoms with van der Waals surface area (Å²) in [4.78, 5) is 37.7. The van der Waals surface area contributed by atoms with E-state index in [1.54, 1.807) is 0 Å². The highest BCUT2D eigenvalue weighted by Gasteiger charge is 2.19. The smallest absolute Gasteiger partial charge is 0.306 e. The number of esters is 3. The number of unbranched alkanes of at least 4 members (excludes halogenated alkanes) is 31. The second-order valence-corrected chi connectivity index (χ2v) is 17.2. The summed E-state index contributed by atoms with van der Waals surface area (Å²) in [5, 5.41) is 0. The SMILES string of the molecule is CCCCCCCCCCCCCCCCCCCC(=O)OC[C@H](COC(=O)CCCCCCCCC(C)C)OC(=O)CCCCCCCCCCCCC. The Bertz CT molecular complexity index is 826. The van der Waals surface area contributed by atoms with Crippen molar-refractivity contribution in [3.8, 4) is 0 Å². The first-order chi connectivity index (χ1) is 26.9. The molecule has 55 heavy (non-hydrogen) atoms. The quantitative estimate of drug-likeness (QED) is 0.0348. The van der Waals surface area contributed by atoms with Gasteiger partial charge >= 0.3 is 17.9 Å². The first-order valence-corrected chi connectivity index (χ1v) is 24.4. The van der Waals surface area contributed by atoms with Crippen molar-refractivity contribution in [2.45, 2.75) is 278 Å². The summed E-state index contributed by atoms with van der Waals surface area (Å²) in [5.74, 6) is -0.0914. The monoisotopic (exact) mass is 779 g/mol. The van der Waals surface area contributed by atoms with E-state index in [0.29, 0.717) is 19.3 Å². The van der Waals surface area contributed by atoms with E-state index in [1.165, 1.54) is 167 Å². The second kappa shape index (κ2) is 43.5. The van der Waals surface area contributed by atoms with Gasteiger partial charge < -0.3 is 14.2 Å². The van der Waals surface area contributed by atoms with Crippen LogP contribution in [0.1, 0.15) is 272 Å². The molecule has 0 heterocycles. The average Bonchev–Trinajstić information content (AvgIpc) is 3.17. The summed E-state index contributed by atoms with van der Waals surface area (Å²) in [6, 6.07) is 0. The van der Waals surface area contributed by atoms with Crippen molar-refractivity contribution >= 4 is 17.9 Å². The minimum absolute atomic E-state index is 0.0640. The fourth-order valence-corrected chi connectivity index (χ4v) is 7.33. The highest BCUT2D eigenvalue weighted by atomic mass is 16.6. The van der Waals surface area contributed by atoms with Gasteiger partial charge in [0, 0.05) is 19.3 Å². The minimum Gasteiger partial charge on any atom is -0.462 e. The first kappa shape index (κ1) is 53.4. The van der Waals surface area contributed by atoms with Crippen molar-refractivity contribution in [1.29, 1.82) is 0 Å². The highest BCUT2D eigenvalue weighted by molar-refractivity contribution is 5.71. The Morgan fingerprint density at radius 2 is 0.600 bits per heavy atom. The van der Waals surface area contributed by atoms with E-state index in [4.69, 9.17) is 14.2 Å². The maximum atomic E-state index is 12.7. The van der Waals surface area contributed by atoms with Crippen LogP contribution in [0.3, 0.4) is 0 Å². The molecule has 1 atom stereocenters.